The lowest BCUT2D eigenvalue weighted by atomic mass is 9.98. The average Bonchev–Trinajstić information content (AvgIpc) is 2.78. The maximum Gasteiger partial charge on any atom is 0.308 e. The standard InChI is InChI=1S/C21H30N2O6S/c1-15-6-10-22(11-7-15)20(24)18-14-17(4-5-19(18)28-2)30(26,27)23-12-8-16(9-13-23)21(25)29-3/h4-5,14-16H,6-13H2,1-3H3. The summed E-state index contributed by atoms with van der Waals surface area (Å²) >= 11 is 0. The molecule has 0 unspecified atom stereocenters. The molecule has 2 fully saturated rings. The van der Waals surface area contributed by atoms with Gasteiger partial charge in [-0.05, 0) is 49.8 Å². The summed E-state index contributed by atoms with van der Waals surface area (Å²) in [5.74, 6) is 0.147. The van der Waals surface area contributed by atoms with E-state index in [-0.39, 0.29) is 41.3 Å². The summed E-state index contributed by atoms with van der Waals surface area (Å²) in [5.41, 5.74) is 0.262. The topological polar surface area (TPSA) is 93.2 Å². The lowest BCUT2D eigenvalue weighted by Gasteiger charge is -2.31. The van der Waals surface area contributed by atoms with Crippen LogP contribution in [0.15, 0.2) is 23.1 Å². The van der Waals surface area contributed by atoms with Crippen molar-refractivity contribution < 1.29 is 27.5 Å². The van der Waals surface area contributed by atoms with Crippen LogP contribution < -0.4 is 4.74 Å². The van der Waals surface area contributed by atoms with E-state index in [0.29, 0.717) is 37.6 Å². The lowest BCUT2D eigenvalue weighted by molar-refractivity contribution is -0.146. The molecule has 2 aliphatic rings. The second-order valence-corrected chi connectivity index (χ2v) is 9.98. The first-order chi connectivity index (χ1) is 14.3. The molecule has 2 aliphatic heterocycles. The number of rotatable bonds is 5. The summed E-state index contributed by atoms with van der Waals surface area (Å²) in [6.45, 7) is 3.95. The van der Waals surface area contributed by atoms with Crippen molar-refractivity contribution in [2.45, 2.75) is 37.5 Å². The zero-order valence-electron chi connectivity index (χ0n) is 17.8. The zero-order valence-corrected chi connectivity index (χ0v) is 18.6. The van der Waals surface area contributed by atoms with Crippen molar-refractivity contribution in [3.05, 3.63) is 23.8 Å². The van der Waals surface area contributed by atoms with E-state index >= 15 is 0 Å². The van der Waals surface area contributed by atoms with Gasteiger partial charge in [-0.3, -0.25) is 9.59 Å². The van der Waals surface area contributed by atoms with Gasteiger partial charge in [0, 0.05) is 26.2 Å². The Morgan fingerprint density at radius 3 is 2.20 bits per heavy atom. The van der Waals surface area contributed by atoms with Crippen molar-refractivity contribution in [1.82, 2.24) is 9.21 Å². The first-order valence-corrected chi connectivity index (χ1v) is 11.8. The zero-order chi connectivity index (χ0) is 21.9. The van der Waals surface area contributed by atoms with E-state index in [1.54, 1.807) is 4.90 Å². The predicted octanol–water partition coefficient (Wildman–Crippen LogP) is 2.14. The number of sulfonamides is 1. The van der Waals surface area contributed by atoms with Crippen LogP contribution in [0.4, 0.5) is 0 Å². The molecule has 0 N–H and O–H groups in total. The van der Waals surface area contributed by atoms with E-state index in [1.807, 2.05) is 0 Å². The van der Waals surface area contributed by atoms with Gasteiger partial charge in [-0.2, -0.15) is 4.31 Å². The van der Waals surface area contributed by atoms with E-state index in [9.17, 15) is 18.0 Å². The fourth-order valence-electron chi connectivity index (χ4n) is 4.04. The molecule has 30 heavy (non-hydrogen) atoms. The number of piperidine rings is 2. The number of amides is 1. The van der Waals surface area contributed by atoms with Crippen LogP contribution in [0, 0.1) is 11.8 Å². The highest BCUT2D eigenvalue weighted by Crippen LogP contribution is 2.29. The third-order valence-electron chi connectivity index (χ3n) is 6.10. The van der Waals surface area contributed by atoms with Crippen LogP contribution in [0.2, 0.25) is 0 Å². The van der Waals surface area contributed by atoms with Gasteiger partial charge in [0.05, 0.1) is 30.6 Å². The highest BCUT2D eigenvalue weighted by atomic mass is 32.2. The van der Waals surface area contributed by atoms with Gasteiger partial charge in [-0.25, -0.2) is 8.42 Å². The summed E-state index contributed by atoms with van der Waals surface area (Å²) in [7, 11) is -0.977. The van der Waals surface area contributed by atoms with Crippen molar-refractivity contribution >= 4 is 21.9 Å². The summed E-state index contributed by atoms with van der Waals surface area (Å²) in [6.07, 6.45) is 2.70. The summed E-state index contributed by atoms with van der Waals surface area (Å²) in [5, 5.41) is 0. The van der Waals surface area contributed by atoms with Crippen molar-refractivity contribution in [2.24, 2.45) is 11.8 Å². The highest BCUT2D eigenvalue weighted by Gasteiger charge is 2.33. The van der Waals surface area contributed by atoms with Crippen molar-refractivity contribution in [2.75, 3.05) is 40.4 Å². The number of carbonyl (C=O) groups excluding carboxylic acids is 2. The van der Waals surface area contributed by atoms with E-state index in [2.05, 4.69) is 6.92 Å². The molecule has 0 bridgehead atoms. The van der Waals surface area contributed by atoms with Crippen LogP contribution in [-0.4, -0.2) is 69.9 Å². The minimum atomic E-state index is -3.78. The molecule has 0 saturated carbocycles. The van der Waals surface area contributed by atoms with E-state index in [0.717, 1.165) is 12.8 Å². The molecule has 0 radical (unpaired) electrons. The molecule has 0 aliphatic carbocycles. The first kappa shape index (κ1) is 22.6. The van der Waals surface area contributed by atoms with Crippen LogP contribution in [0.5, 0.6) is 5.75 Å². The molecule has 1 aromatic rings. The van der Waals surface area contributed by atoms with Gasteiger partial charge in [-0.1, -0.05) is 6.92 Å². The first-order valence-electron chi connectivity index (χ1n) is 10.3. The second kappa shape index (κ2) is 9.34. The second-order valence-electron chi connectivity index (χ2n) is 8.04. The molecule has 1 amide bonds. The number of hydrogen-bond donors (Lipinski definition) is 0. The maximum atomic E-state index is 13.2. The Labute approximate surface area is 178 Å². The van der Waals surface area contributed by atoms with Gasteiger partial charge in [0.2, 0.25) is 10.0 Å². The molecule has 0 aromatic heterocycles. The molecule has 2 saturated heterocycles. The summed E-state index contributed by atoms with van der Waals surface area (Å²) < 4.78 is 37.8. The predicted molar refractivity (Wildman–Crippen MR) is 111 cm³/mol. The SMILES string of the molecule is COC(=O)C1CCN(S(=O)(=O)c2ccc(OC)c(C(=O)N3CCC(C)CC3)c2)CC1. The van der Waals surface area contributed by atoms with Gasteiger partial charge >= 0.3 is 5.97 Å². The van der Waals surface area contributed by atoms with Gasteiger partial charge in [0.15, 0.2) is 0 Å². The number of ether oxygens (including phenoxy) is 2. The van der Waals surface area contributed by atoms with E-state index in [4.69, 9.17) is 9.47 Å². The van der Waals surface area contributed by atoms with Crippen molar-refractivity contribution in [1.29, 1.82) is 0 Å². The Morgan fingerprint density at radius 1 is 1.00 bits per heavy atom. The van der Waals surface area contributed by atoms with Crippen LogP contribution >= 0.6 is 0 Å². The molecule has 3 rings (SSSR count). The Hall–Kier alpha value is -2.13. The number of likely N-dealkylation sites (tertiary alicyclic amines) is 1. The fourth-order valence-corrected chi connectivity index (χ4v) is 5.54. The quantitative estimate of drug-likeness (QED) is 0.654. The molecule has 0 spiro atoms. The van der Waals surface area contributed by atoms with Gasteiger partial charge < -0.3 is 14.4 Å². The molecular weight excluding hydrogens is 408 g/mol. The molecule has 9 heteroatoms. The monoisotopic (exact) mass is 438 g/mol. The van der Waals surface area contributed by atoms with Crippen LogP contribution in [0.1, 0.15) is 43.0 Å². The maximum absolute atomic E-state index is 13.2. The number of carbonyl (C=O) groups is 2. The summed E-state index contributed by atoms with van der Waals surface area (Å²) in [6, 6.07) is 4.42. The highest BCUT2D eigenvalue weighted by molar-refractivity contribution is 7.89. The van der Waals surface area contributed by atoms with Crippen LogP contribution in [0.25, 0.3) is 0 Å². The molecule has 8 nitrogen and oxygen atoms in total. The number of hydrogen-bond acceptors (Lipinski definition) is 6. The third kappa shape index (κ3) is 4.62. The van der Waals surface area contributed by atoms with Crippen molar-refractivity contribution in [3.63, 3.8) is 0 Å². The van der Waals surface area contributed by atoms with Gasteiger partial charge in [-0.15, -0.1) is 0 Å². The fraction of sp³-hybridized carbons (Fsp3) is 0.619. The molecule has 0 atom stereocenters. The molecule has 166 valence electrons. The normalized spacial score (nSPS) is 19.5. The van der Waals surface area contributed by atoms with Gasteiger partial charge in [0.1, 0.15) is 5.75 Å². The van der Waals surface area contributed by atoms with E-state index in [1.165, 1.54) is 36.7 Å². The molecule has 1 aromatic carbocycles. The minimum absolute atomic E-state index is 0.0635. The largest absolute Gasteiger partial charge is 0.496 e. The molecular formula is C21H30N2O6S. The lowest BCUT2D eigenvalue weighted by Crippen LogP contribution is -2.40. The number of nitrogens with zero attached hydrogens (tertiary/aromatic N) is 2. The number of benzene rings is 1. The molecule has 2 heterocycles. The Kier molecular flexibility index (Phi) is 7.02. The Bertz CT molecular complexity index is 885. The third-order valence-corrected chi connectivity index (χ3v) is 7.99. The van der Waals surface area contributed by atoms with E-state index < -0.39 is 10.0 Å². The number of methoxy groups -OCH3 is 2. The van der Waals surface area contributed by atoms with Crippen molar-refractivity contribution in [3.8, 4) is 5.75 Å². The van der Waals surface area contributed by atoms with Crippen LogP contribution in [0.3, 0.4) is 0 Å². The number of esters is 1. The Morgan fingerprint density at radius 2 is 1.63 bits per heavy atom. The van der Waals surface area contributed by atoms with Crippen LogP contribution in [-0.2, 0) is 19.6 Å². The van der Waals surface area contributed by atoms with Gasteiger partial charge in [0.25, 0.3) is 5.91 Å². The minimum Gasteiger partial charge on any atom is -0.496 e. The smallest absolute Gasteiger partial charge is 0.308 e. The Balaban J connectivity index is 1.81. The summed E-state index contributed by atoms with van der Waals surface area (Å²) in [4.78, 5) is 26.6. The average molecular weight is 439 g/mol.